The highest BCUT2D eigenvalue weighted by molar-refractivity contribution is 9.11. The summed E-state index contributed by atoms with van der Waals surface area (Å²) in [4.78, 5) is 24.1. The molecule has 10 heteroatoms. The molecule has 30 heavy (non-hydrogen) atoms. The highest BCUT2D eigenvalue weighted by Crippen LogP contribution is 2.28. The van der Waals surface area contributed by atoms with Crippen LogP contribution in [0.25, 0.3) is 11.3 Å². The molecule has 4 rings (SSSR count). The van der Waals surface area contributed by atoms with Crippen LogP contribution in [-0.2, 0) is 25.7 Å². The quantitative estimate of drug-likeness (QED) is 0.508. The smallest absolute Gasteiger partial charge is 0.303 e. The topological polar surface area (TPSA) is 61.9 Å². The maximum absolute atomic E-state index is 12.8. The van der Waals surface area contributed by atoms with Crippen LogP contribution in [0.15, 0.2) is 50.3 Å². The Hall–Kier alpha value is -2.04. The Kier molecular flexibility index (Phi) is 5.82. The molecular formula is C20H15Br2F3N4O. The van der Waals surface area contributed by atoms with Gasteiger partial charge in [-0.15, -0.1) is 0 Å². The summed E-state index contributed by atoms with van der Waals surface area (Å²) in [5.41, 5.74) is 2.52. The summed E-state index contributed by atoms with van der Waals surface area (Å²) in [6, 6.07) is 9.78. The number of pyridine rings is 1. The van der Waals surface area contributed by atoms with Crippen LogP contribution in [0.5, 0.6) is 0 Å². The van der Waals surface area contributed by atoms with Crippen molar-refractivity contribution in [3.05, 3.63) is 78.5 Å². The zero-order valence-corrected chi connectivity index (χ0v) is 18.6. The van der Waals surface area contributed by atoms with Crippen molar-refractivity contribution in [3.63, 3.8) is 0 Å². The SMILES string of the molecule is O=c1[nH]c(C(F)(F)F)nc2c1CN(Cc1ccc(-c3cc(Br)cc(Br)c3)nc1)CC2. The molecule has 0 amide bonds. The monoisotopic (exact) mass is 542 g/mol. The van der Waals surface area contributed by atoms with Crippen molar-refractivity contribution in [1.82, 2.24) is 19.9 Å². The first kappa shape index (κ1) is 21.2. The third-order valence-corrected chi connectivity index (χ3v) is 5.72. The second-order valence-electron chi connectivity index (χ2n) is 7.01. The summed E-state index contributed by atoms with van der Waals surface area (Å²) in [5, 5.41) is 0. The highest BCUT2D eigenvalue weighted by Gasteiger charge is 2.35. The number of hydrogen-bond acceptors (Lipinski definition) is 4. The third-order valence-electron chi connectivity index (χ3n) is 4.81. The molecule has 2 aromatic heterocycles. The highest BCUT2D eigenvalue weighted by atomic mass is 79.9. The summed E-state index contributed by atoms with van der Waals surface area (Å²) >= 11 is 6.93. The Morgan fingerprint density at radius 1 is 1.13 bits per heavy atom. The van der Waals surface area contributed by atoms with Crippen molar-refractivity contribution < 1.29 is 13.2 Å². The molecule has 3 aromatic rings. The van der Waals surface area contributed by atoms with E-state index in [1.165, 1.54) is 0 Å². The van der Waals surface area contributed by atoms with Crippen LogP contribution >= 0.6 is 31.9 Å². The summed E-state index contributed by atoms with van der Waals surface area (Å²) in [7, 11) is 0. The molecule has 0 atom stereocenters. The molecule has 5 nitrogen and oxygen atoms in total. The van der Waals surface area contributed by atoms with Crippen LogP contribution in [0.1, 0.15) is 22.6 Å². The third kappa shape index (κ3) is 4.65. The first-order valence-electron chi connectivity index (χ1n) is 9.02. The Balaban J connectivity index is 1.49. The van der Waals surface area contributed by atoms with E-state index in [9.17, 15) is 18.0 Å². The first-order valence-corrected chi connectivity index (χ1v) is 10.6. The predicted molar refractivity (Wildman–Crippen MR) is 113 cm³/mol. The number of nitrogens with one attached hydrogen (secondary N) is 1. The summed E-state index contributed by atoms with van der Waals surface area (Å²) in [6.45, 7) is 1.30. The molecular weight excluding hydrogens is 529 g/mol. The number of halogens is 5. The van der Waals surface area contributed by atoms with Gasteiger partial charge in [0.2, 0.25) is 5.82 Å². The lowest BCUT2D eigenvalue weighted by Gasteiger charge is -2.27. The van der Waals surface area contributed by atoms with Gasteiger partial charge in [0.25, 0.3) is 5.56 Å². The molecule has 0 radical (unpaired) electrons. The predicted octanol–water partition coefficient (Wildman–Crippen LogP) is 4.93. The molecule has 1 N–H and O–H groups in total. The first-order chi connectivity index (χ1) is 14.2. The second-order valence-corrected chi connectivity index (χ2v) is 8.84. The van der Waals surface area contributed by atoms with Crippen molar-refractivity contribution in [1.29, 1.82) is 0 Å². The van der Waals surface area contributed by atoms with E-state index < -0.39 is 17.6 Å². The van der Waals surface area contributed by atoms with Gasteiger partial charge in [0.1, 0.15) is 0 Å². The largest absolute Gasteiger partial charge is 0.449 e. The minimum absolute atomic E-state index is 0.219. The standard InChI is InChI=1S/C20H15Br2F3N4O/c21-13-5-12(6-14(22)7-13)16-2-1-11(8-26-16)9-29-4-3-17-15(10-29)18(30)28-19(27-17)20(23,24)25/h1-2,5-8H,3-4,9-10H2,(H,27,28,30). The van der Waals surface area contributed by atoms with Crippen molar-refractivity contribution in [3.8, 4) is 11.3 Å². The number of rotatable bonds is 3. The lowest BCUT2D eigenvalue weighted by atomic mass is 10.1. The molecule has 1 aliphatic heterocycles. The number of H-pyrrole nitrogens is 1. The average molecular weight is 544 g/mol. The molecule has 0 spiro atoms. The lowest BCUT2D eigenvalue weighted by Crippen LogP contribution is -2.36. The van der Waals surface area contributed by atoms with Gasteiger partial charge >= 0.3 is 6.18 Å². The fourth-order valence-corrected chi connectivity index (χ4v) is 4.69. The fourth-order valence-electron chi connectivity index (χ4n) is 3.40. The van der Waals surface area contributed by atoms with Gasteiger partial charge in [-0.2, -0.15) is 13.2 Å². The van der Waals surface area contributed by atoms with Gasteiger partial charge in [-0.05, 0) is 29.8 Å². The van der Waals surface area contributed by atoms with Gasteiger partial charge in [-0.3, -0.25) is 14.7 Å². The van der Waals surface area contributed by atoms with Gasteiger partial charge in [-0.1, -0.05) is 37.9 Å². The summed E-state index contributed by atoms with van der Waals surface area (Å²) in [6.07, 6.45) is -2.60. The molecule has 1 aliphatic rings. The number of nitrogens with zero attached hydrogens (tertiary/aromatic N) is 3. The van der Waals surface area contributed by atoms with E-state index in [4.69, 9.17) is 0 Å². The molecule has 3 heterocycles. The molecule has 0 bridgehead atoms. The molecule has 0 saturated carbocycles. The Bertz CT molecular complexity index is 1130. The maximum atomic E-state index is 12.8. The maximum Gasteiger partial charge on any atom is 0.449 e. The zero-order chi connectivity index (χ0) is 21.5. The van der Waals surface area contributed by atoms with Gasteiger partial charge in [-0.25, -0.2) is 4.98 Å². The van der Waals surface area contributed by atoms with Crippen molar-refractivity contribution in [2.24, 2.45) is 0 Å². The normalized spacial score (nSPS) is 14.6. The molecule has 0 unspecified atom stereocenters. The Morgan fingerprint density at radius 2 is 1.87 bits per heavy atom. The number of aromatic nitrogens is 3. The number of fused-ring (bicyclic) bond motifs is 1. The Labute approximate surface area is 186 Å². The van der Waals surface area contributed by atoms with E-state index in [2.05, 4.69) is 41.8 Å². The molecule has 0 saturated heterocycles. The van der Waals surface area contributed by atoms with E-state index in [0.717, 1.165) is 25.8 Å². The van der Waals surface area contributed by atoms with E-state index in [-0.39, 0.29) is 17.8 Å². The van der Waals surface area contributed by atoms with Crippen LogP contribution in [0.3, 0.4) is 0 Å². The van der Waals surface area contributed by atoms with Crippen LogP contribution in [0, 0.1) is 0 Å². The van der Waals surface area contributed by atoms with Crippen molar-refractivity contribution in [2.45, 2.75) is 25.7 Å². The van der Waals surface area contributed by atoms with E-state index in [1.54, 1.807) is 6.20 Å². The zero-order valence-electron chi connectivity index (χ0n) is 15.4. The number of hydrogen-bond donors (Lipinski definition) is 1. The second kappa shape index (κ2) is 8.24. The molecule has 1 aromatic carbocycles. The van der Waals surface area contributed by atoms with Gasteiger partial charge in [0, 0.05) is 46.8 Å². The molecule has 156 valence electrons. The van der Waals surface area contributed by atoms with Crippen LogP contribution in [0.2, 0.25) is 0 Å². The minimum atomic E-state index is -4.66. The van der Waals surface area contributed by atoms with Gasteiger partial charge < -0.3 is 4.98 Å². The van der Waals surface area contributed by atoms with E-state index in [0.29, 0.717) is 19.5 Å². The van der Waals surface area contributed by atoms with Crippen molar-refractivity contribution >= 4 is 31.9 Å². The van der Waals surface area contributed by atoms with Crippen LogP contribution in [0.4, 0.5) is 13.2 Å². The number of aromatic amines is 1. The Morgan fingerprint density at radius 3 is 2.50 bits per heavy atom. The van der Waals surface area contributed by atoms with E-state index in [1.807, 2.05) is 40.2 Å². The number of benzene rings is 1. The van der Waals surface area contributed by atoms with Crippen molar-refractivity contribution in [2.75, 3.05) is 6.54 Å². The summed E-state index contributed by atoms with van der Waals surface area (Å²) < 4.78 is 40.4. The van der Waals surface area contributed by atoms with E-state index >= 15 is 0 Å². The average Bonchev–Trinajstić information content (AvgIpc) is 2.67. The fraction of sp³-hybridized carbons (Fsp3) is 0.250. The summed E-state index contributed by atoms with van der Waals surface area (Å²) in [5.74, 6) is -1.24. The minimum Gasteiger partial charge on any atom is -0.303 e. The number of alkyl halides is 3. The lowest BCUT2D eigenvalue weighted by molar-refractivity contribution is -0.145. The van der Waals surface area contributed by atoms with Crippen LogP contribution < -0.4 is 5.56 Å². The van der Waals surface area contributed by atoms with Gasteiger partial charge in [0.15, 0.2) is 0 Å². The molecule has 0 aliphatic carbocycles. The van der Waals surface area contributed by atoms with Crippen LogP contribution in [-0.4, -0.2) is 26.4 Å². The molecule has 0 fully saturated rings. The van der Waals surface area contributed by atoms with Gasteiger partial charge in [0.05, 0.1) is 17.0 Å².